The summed E-state index contributed by atoms with van der Waals surface area (Å²) in [6.45, 7) is 2.80. The summed E-state index contributed by atoms with van der Waals surface area (Å²) in [6, 6.07) is 7.60. The molecule has 1 amide bonds. The fourth-order valence-corrected chi connectivity index (χ4v) is 2.42. The van der Waals surface area contributed by atoms with Gasteiger partial charge in [0, 0.05) is 5.69 Å². The molecule has 1 aliphatic rings. The second kappa shape index (κ2) is 5.42. The van der Waals surface area contributed by atoms with E-state index in [9.17, 15) is 4.79 Å². The highest BCUT2D eigenvalue weighted by atomic mass is 16.2. The second-order valence-corrected chi connectivity index (χ2v) is 4.94. The zero-order valence-corrected chi connectivity index (χ0v) is 11.3. The number of nitrogens with one attached hydrogen (secondary N) is 2. The number of hydrogen-bond donors (Lipinski definition) is 2. The Labute approximate surface area is 117 Å². The highest BCUT2D eigenvalue weighted by Crippen LogP contribution is 2.16. The van der Waals surface area contributed by atoms with Gasteiger partial charge in [-0.05, 0) is 44.5 Å². The van der Waals surface area contributed by atoms with E-state index in [1.165, 1.54) is 0 Å². The smallest absolute Gasteiger partial charge is 0.241 e. The topological polar surface area (TPSA) is 71.8 Å². The van der Waals surface area contributed by atoms with Gasteiger partial charge in [-0.3, -0.25) is 9.36 Å². The average molecular weight is 271 g/mol. The normalized spacial score (nSPS) is 18.1. The molecule has 0 bridgehead atoms. The van der Waals surface area contributed by atoms with Crippen molar-refractivity contribution < 1.29 is 4.79 Å². The monoisotopic (exact) mass is 271 g/mol. The number of rotatable bonds is 3. The quantitative estimate of drug-likeness (QED) is 0.881. The van der Waals surface area contributed by atoms with Gasteiger partial charge in [0.1, 0.15) is 12.2 Å². The van der Waals surface area contributed by atoms with Gasteiger partial charge < -0.3 is 10.6 Å². The van der Waals surface area contributed by atoms with Crippen molar-refractivity contribution in [3.8, 4) is 5.69 Å². The van der Waals surface area contributed by atoms with Crippen LogP contribution in [0.5, 0.6) is 0 Å². The van der Waals surface area contributed by atoms with Crippen molar-refractivity contribution >= 4 is 11.6 Å². The molecule has 1 aromatic heterocycles. The van der Waals surface area contributed by atoms with Gasteiger partial charge in [0.05, 0.1) is 11.7 Å². The maximum Gasteiger partial charge on any atom is 0.241 e. The largest absolute Gasteiger partial charge is 0.325 e. The SMILES string of the molecule is Cc1nncn1-c1cccc(NC(=O)C2CCCN2)c1. The van der Waals surface area contributed by atoms with Crippen molar-refractivity contribution in [3.05, 3.63) is 36.4 Å². The second-order valence-electron chi connectivity index (χ2n) is 4.94. The van der Waals surface area contributed by atoms with Crippen molar-refractivity contribution in [2.24, 2.45) is 0 Å². The summed E-state index contributed by atoms with van der Waals surface area (Å²) in [5.74, 6) is 0.839. The standard InChI is InChI=1S/C14H17N5O/c1-10-18-16-9-19(10)12-5-2-4-11(8-12)17-14(20)13-6-3-7-15-13/h2,4-5,8-9,13,15H,3,6-7H2,1H3,(H,17,20). The van der Waals surface area contributed by atoms with E-state index in [2.05, 4.69) is 20.8 Å². The molecule has 3 rings (SSSR count). The van der Waals surface area contributed by atoms with Crippen LogP contribution in [0.25, 0.3) is 5.69 Å². The summed E-state index contributed by atoms with van der Waals surface area (Å²) in [5, 5.41) is 14.0. The van der Waals surface area contributed by atoms with Crippen molar-refractivity contribution in [1.29, 1.82) is 0 Å². The van der Waals surface area contributed by atoms with Gasteiger partial charge in [0.25, 0.3) is 0 Å². The highest BCUT2D eigenvalue weighted by molar-refractivity contribution is 5.95. The predicted molar refractivity (Wildman–Crippen MR) is 75.8 cm³/mol. The summed E-state index contributed by atoms with van der Waals surface area (Å²) in [4.78, 5) is 12.1. The summed E-state index contributed by atoms with van der Waals surface area (Å²) in [6.07, 6.45) is 3.61. The van der Waals surface area contributed by atoms with Crippen molar-refractivity contribution in [1.82, 2.24) is 20.1 Å². The molecule has 2 N–H and O–H groups in total. The summed E-state index contributed by atoms with van der Waals surface area (Å²) < 4.78 is 1.88. The lowest BCUT2D eigenvalue weighted by molar-refractivity contribution is -0.117. The molecule has 1 saturated heterocycles. The molecular weight excluding hydrogens is 254 g/mol. The van der Waals surface area contributed by atoms with E-state index < -0.39 is 0 Å². The molecule has 0 spiro atoms. The minimum absolute atomic E-state index is 0.0279. The molecule has 0 radical (unpaired) electrons. The van der Waals surface area contributed by atoms with Crippen LogP contribution < -0.4 is 10.6 Å². The molecule has 6 heteroatoms. The minimum atomic E-state index is -0.0738. The minimum Gasteiger partial charge on any atom is -0.325 e. The summed E-state index contributed by atoms with van der Waals surface area (Å²) >= 11 is 0. The van der Waals surface area contributed by atoms with Crippen LogP contribution in [-0.2, 0) is 4.79 Å². The Morgan fingerprint density at radius 2 is 2.40 bits per heavy atom. The Bertz CT molecular complexity index is 616. The molecule has 0 aliphatic carbocycles. The van der Waals surface area contributed by atoms with Crippen LogP contribution in [0.4, 0.5) is 5.69 Å². The van der Waals surface area contributed by atoms with Crippen LogP contribution in [0.1, 0.15) is 18.7 Å². The molecule has 6 nitrogen and oxygen atoms in total. The number of nitrogens with zero attached hydrogens (tertiary/aromatic N) is 3. The Kier molecular flexibility index (Phi) is 3.47. The predicted octanol–water partition coefficient (Wildman–Crippen LogP) is 1.27. The van der Waals surface area contributed by atoms with E-state index in [0.717, 1.165) is 36.6 Å². The molecule has 1 atom stereocenters. The third kappa shape index (κ3) is 2.55. The van der Waals surface area contributed by atoms with E-state index in [4.69, 9.17) is 0 Å². The molecule has 104 valence electrons. The van der Waals surface area contributed by atoms with Crippen LogP contribution >= 0.6 is 0 Å². The summed E-state index contributed by atoms with van der Waals surface area (Å²) in [5.41, 5.74) is 1.72. The van der Waals surface area contributed by atoms with Crippen LogP contribution in [0.2, 0.25) is 0 Å². The number of aromatic nitrogens is 3. The fourth-order valence-electron chi connectivity index (χ4n) is 2.42. The van der Waals surface area contributed by atoms with Gasteiger partial charge in [-0.15, -0.1) is 10.2 Å². The van der Waals surface area contributed by atoms with Gasteiger partial charge in [-0.2, -0.15) is 0 Å². The van der Waals surface area contributed by atoms with Gasteiger partial charge in [0.2, 0.25) is 5.91 Å². The van der Waals surface area contributed by atoms with E-state index in [0.29, 0.717) is 0 Å². The van der Waals surface area contributed by atoms with E-state index in [1.54, 1.807) is 6.33 Å². The number of benzene rings is 1. The first-order valence-corrected chi connectivity index (χ1v) is 6.75. The lowest BCUT2D eigenvalue weighted by Crippen LogP contribution is -2.35. The molecular formula is C14H17N5O. The Hall–Kier alpha value is -2.21. The number of anilines is 1. The maximum absolute atomic E-state index is 12.1. The van der Waals surface area contributed by atoms with Crippen molar-refractivity contribution in [2.45, 2.75) is 25.8 Å². The first kappa shape index (κ1) is 12.8. The Morgan fingerprint density at radius 3 is 3.10 bits per heavy atom. The zero-order chi connectivity index (χ0) is 13.9. The van der Waals surface area contributed by atoms with E-state index in [1.807, 2.05) is 35.8 Å². The van der Waals surface area contributed by atoms with Gasteiger partial charge in [-0.1, -0.05) is 6.07 Å². The van der Waals surface area contributed by atoms with E-state index >= 15 is 0 Å². The van der Waals surface area contributed by atoms with Gasteiger partial charge >= 0.3 is 0 Å². The number of aryl methyl sites for hydroxylation is 1. The molecule has 2 heterocycles. The lowest BCUT2D eigenvalue weighted by Gasteiger charge is -2.12. The van der Waals surface area contributed by atoms with Crippen LogP contribution in [0.3, 0.4) is 0 Å². The van der Waals surface area contributed by atoms with Crippen LogP contribution in [0.15, 0.2) is 30.6 Å². The molecule has 1 fully saturated rings. The highest BCUT2D eigenvalue weighted by Gasteiger charge is 2.21. The molecule has 2 aromatic rings. The zero-order valence-electron chi connectivity index (χ0n) is 11.3. The Balaban J connectivity index is 1.78. The van der Waals surface area contributed by atoms with Crippen molar-refractivity contribution in [2.75, 3.05) is 11.9 Å². The number of carbonyl (C=O) groups excluding carboxylic acids is 1. The number of hydrogen-bond acceptors (Lipinski definition) is 4. The lowest BCUT2D eigenvalue weighted by atomic mass is 10.2. The molecule has 1 unspecified atom stereocenters. The maximum atomic E-state index is 12.1. The van der Waals surface area contributed by atoms with Crippen molar-refractivity contribution in [3.63, 3.8) is 0 Å². The third-order valence-electron chi connectivity index (χ3n) is 3.49. The number of carbonyl (C=O) groups is 1. The first-order valence-electron chi connectivity index (χ1n) is 6.75. The average Bonchev–Trinajstić information content (AvgIpc) is 3.10. The van der Waals surface area contributed by atoms with Crippen LogP contribution in [-0.4, -0.2) is 33.3 Å². The van der Waals surface area contributed by atoms with Gasteiger partial charge in [0.15, 0.2) is 0 Å². The van der Waals surface area contributed by atoms with E-state index in [-0.39, 0.29) is 11.9 Å². The summed E-state index contributed by atoms with van der Waals surface area (Å²) in [7, 11) is 0. The van der Waals surface area contributed by atoms with Gasteiger partial charge in [-0.25, -0.2) is 0 Å². The van der Waals surface area contributed by atoms with Crippen LogP contribution in [0, 0.1) is 6.92 Å². The number of amides is 1. The third-order valence-corrected chi connectivity index (χ3v) is 3.49. The fraction of sp³-hybridized carbons (Fsp3) is 0.357. The molecule has 1 aliphatic heterocycles. The first-order chi connectivity index (χ1) is 9.74. The molecule has 0 saturated carbocycles. The molecule has 20 heavy (non-hydrogen) atoms. The molecule has 1 aromatic carbocycles. The Morgan fingerprint density at radius 1 is 1.50 bits per heavy atom.